The number of anilines is 1. The van der Waals surface area contributed by atoms with Crippen LogP contribution in [0.2, 0.25) is 0 Å². The van der Waals surface area contributed by atoms with Crippen molar-refractivity contribution in [3.05, 3.63) is 42.5 Å². The van der Waals surface area contributed by atoms with E-state index in [0.29, 0.717) is 17.8 Å². The molecule has 0 aliphatic rings. The minimum atomic E-state index is -0.410. The van der Waals surface area contributed by atoms with E-state index in [1.54, 1.807) is 30.3 Å². The number of hydrogen-bond acceptors (Lipinski definition) is 3. The Hall–Kier alpha value is -2.30. The van der Waals surface area contributed by atoms with Crippen molar-refractivity contribution in [2.45, 2.75) is 0 Å². The summed E-state index contributed by atoms with van der Waals surface area (Å²) in [4.78, 5) is 22.4. The standard InChI is InChI=1S/C12H14N2O3/c1-3-8-13-12(16)14-10-6-4-9(5-7-10)11(15)17-2/h3-7H,1,8H2,2H3,(H2,13,14,16). The molecule has 0 unspecified atom stereocenters. The van der Waals surface area contributed by atoms with Crippen molar-refractivity contribution in [2.75, 3.05) is 19.0 Å². The zero-order chi connectivity index (χ0) is 12.7. The van der Waals surface area contributed by atoms with Gasteiger partial charge in [-0.25, -0.2) is 9.59 Å². The molecule has 0 fully saturated rings. The number of methoxy groups -OCH3 is 1. The molecule has 0 aromatic heterocycles. The molecule has 0 aliphatic carbocycles. The van der Waals surface area contributed by atoms with Crippen LogP contribution in [0.5, 0.6) is 0 Å². The van der Waals surface area contributed by atoms with E-state index in [2.05, 4.69) is 21.9 Å². The lowest BCUT2D eigenvalue weighted by Crippen LogP contribution is -2.28. The molecule has 17 heavy (non-hydrogen) atoms. The van der Waals surface area contributed by atoms with E-state index in [9.17, 15) is 9.59 Å². The molecule has 90 valence electrons. The summed E-state index contributed by atoms with van der Waals surface area (Å²) in [5.74, 6) is -0.410. The molecule has 2 amide bonds. The Balaban J connectivity index is 2.59. The second-order valence-corrected chi connectivity index (χ2v) is 3.19. The summed E-state index contributed by atoms with van der Waals surface area (Å²) in [6, 6.07) is 6.08. The van der Waals surface area contributed by atoms with Gasteiger partial charge in [-0.1, -0.05) is 6.08 Å². The summed E-state index contributed by atoms with van der Waals surface area (Å²) in [5.41, 5.74) is 1.03. The highest BCUT2D eigenvalue weighted by atomic mass is 16.5. The number of urea groups is 1. The van der Waals surface area contributed by atoms with Crippen molar-refractivity contribution in [3.8, 4) is 0 Å². The van der Waals surface area contributed by atoms with Gasteiger partial charge < -0.3 is 15.4 Å². The minimum absolute atomic E-state index is 0.323. The van der Waals surface area contributed by atoms with Gasteiger partial charge in [-0.15, -0.1) is 6.58 Å². The number of carbonyl (C=O) groups is 2. The predicted molar refractivity (Wildman–Crippen MR) is 65.0 cm³/mol. The summed E-state index contributed by atoms with van der Waals surface area (Å²) >= 11 is 0. The van der Waals surface area contributed by atoms with Crippen LogP contribution >= 0.6 is 0 Å². The molecule has 0 radical (unpaired) electrons. The van der Waals surface area contributed by atoms with Gasteiger partial charge in [-0.2, -0.15) is 0 Å². The number of esters is 1. The predicted octanol–water partition coefficient (Wildman–Crippen LogP) is 1.78. The van der Waals surface area contributed by atoms with Crippen molar-refractivity contribution >= 4 is 17.7 Å². The van der Waals surface area contributed by atoms with Gasteiger partial charge in [0.1, 0.15) is 0 Å². The van der Waals surface area contributed by atoms with Gasteiger partial charge in [0.15, 0.2) is 0 Å². The normalized spacial score (nSPS) is 9.24. The first-order valence-corrected chi connectivity index (χ1v) is 5.01. The van der Waals surface area contributed by atoms with Crippen LogP contribution in [0, 0.1) is 0 Å². The number of nitrogens with one attached hydrogen (secondary N) is 2. The first-order valence-electron chi connectivity index (χ1n) is 5.01. The van der Waals surface area contributed by atoms with Gasteiger partial charge >= 0.3 is 12.0 Å². The van der Waals surface area contributed by atoms with Crippen LogP contribution in [0.3, 0.4) is 0 Å². The second-order valence-electron chi connectivity index (χ2n) is 3.19. The number of amides is 2. The summed E-state index contributed by atoms with van der Waals surface area (Å²) in [5, 5.41) is 5.18. The highest BCUT2D eigenvalue weighted by Crippen LogP contribution is 2.10. The summed E-state index contributed by atoms with van der Waals surface area (Å²) in [6.45, 7) is 3.88. The quantitative estimate of drug-likeness (QED) is 0.616. The molecule has 5 nitrogen and oxygen atoms in total. The van der Waals surface area contributed by atoms with E-state index >= 15 is 0 Å². The van der Waals surface area contributed by atoms with Crippen LogP contribution in [0.15, 0.2) is 36.9 Å². The first-order chi connectivity index (χ1) is 8.17. The van der Waals surface area contributed by atoms with Crippen molar-refractivity contribution < 1.29 is 14.3 Å². The molecule has 5 heteroatoms. The van der Waals surface area contributed by atoms with Crippen molar-refractivity contribution in [2.24, 2.45) is 0 Å². The van der Waals surface area contributed by atoms with Crippen LogP contribution in [0.25, 0.3) is 0 Å². The van der Waals surface area contributed by atoms with Crippen LogP contribution in [-0.4, -0.2) is 25.7 Å². The third kappa shape index (κ3) is 3.98. The Morgan fingerprint density at radius 2 is 2.00 bits per heavy atom. The zero-order valence-corrected chi connectivity index (χ0v) is 9.53. The van der Waals surface area contributed by atoms with Gasteiger partial charge in [0, 0.05) is 12.2 Å². The molecule has 0 saturated carbocycles. The Morgan fingerprint density at radius 3 is 2.53 bits per heavy atom. The van der Waals surface area contributed by atoms with Crippen LogP contribution < -0.4 is 10.6 Å². The zero-order valence-electron chi connectivity index (χ0n) is 9.53. The Labute approximate surface area is 99.5 Å². The number of carbonyl (C=O) groups excluding carboxylic acids is 2. The molecule has 0 atom stereocenters. The van der Waals surface area contributed by atoms with Gasteiger partial charge in [-0.3, -0.25) is 0 Å². The molecule has 0 aliphatic heterocycles. The monoisotopic (exact) mass is 234 g/mol. The Kier molecular flexibility index (Phi) is 4.75. The highest BCUT2D eigenvalue weighted by Gasteiger charge is 2.05. The lowest BCUT2D eigenvalue weighted by Gasteiger charge is -2.06. The SMILES string of the molecule is C=CCNC(=O)Nc1ccc(C(=O)OC)cc1. The maximum absolute atomic E-state index is 11.3. The van der Waals surface area contributed by atoms with Crippen molar-refractivity contribution in [1.29, 1.82) is 0 Å². The summed E-state index contributed by atoms with van der Waals surface area (Å²) in [6.07, 6.45) is 1.58. The minimum Gasteiger partial charge on any atom is -0.465 e. The largest absolute Gasteiger partial charge is 0.465 e. The molecule has 0 saturated heterocycles. The molecule has 1 rings (SSSR count). The fourth-order valence-corrected chi connectivity index (χ4v) is 1.15. The number of hydrogen-bond donors (Lipinski definition) is 2. The highest BCUT2D eigenvalue weighted by molar-refractivity contribution is 5.92. The van der Waals surface area contributed by atoms with Gasteiger partial charge in [0.2, 0.25) is 0 Å². The maximum atomic E-state index is 11.3. The van der Waals surface area contributed by atoms with E-state index in [1.807, 2.05) is 0 Å². The number of benzene rings is 1. The van der Waals surface area contributed by atoms with E-state index in [1.165, 1.54) is 7.11 Å². The summed E-state index contributed by atoms with van der Waals surface area (Å²) < 4.78 is 4.56. The van der Waals surface area contributed by atoms with E-state index in [-0.39, 0.29) is 6.03 Å². The molecule has 1 aromatic carbocycles. The third-order valence-electron chi connectivity index (χ3n) is 1.97. The van der Waals surface area contributed by atoms with Crippen molar-refractivity contribution in [1.82, 2.24) is 5.32 Å². The van der Waals surface area contributed by atoms with Crippen LogP contribution in [0.4, 0.5) is 10.5 Å². The number of rotatable bonds is 4. The van der Waals surface area contributed by atoms with Gasteiger partial charge in [0.25, 0.3) is 0 Å². The average molecular weight is 234 g/mol. The second kappa shape index (κ2) is 6.32. The average Bonchev–Trinajstić information content (AvgIpc) is 2.36. The van der Waals surface area contributed by atoms with E-state index in [0.717, 1.165) is 0 Å². The Morgan fingerprint density at radius 1 is 1.35 bits per heavy atom. The molecule has 0 spiro atoms. The van der Waals surface area contributed by atoms with E-state index in [4.69, 9.17) is 0 Å². The fourth-order valence-electron chi connectivity index (χ4n) is 1.15. The lowest BCUT2D eigenvalue weighted by atomic mass is 10.2. The molecule has 0 bridgehead atoms. The fraction of sp³-hybridized carbons (Fsp3) is 0.167. The third-order valence-corrected chi connectivity index (χ3v) is 1.97. The molecule has 2 N–H and O–H groups in total. The topological polar surface area (TPSA) is 67.4 Å². The molecular formula is C12H14N2O3. The van der Waals surface area contributed by atoms with E-state index < -0.39 is 5.97 Å². The number of ether oxygens (including phenoxy) is 1. The van der Waals surface area contributed by atoms with Crippen molar-refractivity contribution in [3.63, 3.8) is 0 Å². The molecule has 0 heterocycles. The molecule has 1 aromatic rings. The van der Waals surface area contributed by atoms with Gasteiger partial charge in [-0.05, 0) is 24.3 Å². The summed E-state index contributed by atoms with van der Waals surface area (Å²) in [7, 11) is 1.32. The maximum Gasteiger partial charge on any atom is 0.337 e. The lowest BCUT2D eigenvalue weighted by molar-refractivity contribution is 0.0601. The Bertz CT molecular complexity index is 412. The molecular weight excluding hydrogens is 220 g/mol. The van der Waals surface area contributed by atoms with Crippen LogP contribution in [-0.2, 0) is 4.74 Å². The smallest absolute Gasteiger partial charge is 0.337 e. The first kappa shape index (κ1) is 12.8. The van der Waals surface area contributed by atoms with Crippen LogP contribution in [0.1, 0.15) is 10.4 Å². The van der Waals surface area contributed by atoms with Gasteiger partial charge in [0.05, 0.1) is 12.7 Å².